The maximum atomic E-state index is 12.6. The fourth-order valence-electron chi connectivity index (χ4n) is 2.82. The molecule has 0 radical (unpaired) electrons. The molecule has 0 saturated heterocycles. The van der Waals surface area contributed by atoms with Crippen LogP contribution in [0.1, 0.15) is 41.4 Å². The lowest BCUT2D eigenvalue weighted by atomic mass is 9.97. The molecule has 0 aromatic carbocycles. The molecule has 1 aliphatic carbocycles. The summed E-state index contributed by atoms with van der Waals surface area (Å²) in [5, 5.41) is 1.19. The van der Waals surface area contributed by atoms with Crippen molar-refractivity contribution < 1.29 is 4.79 Å². The zero-order valence-corrected chi connectivity index (χ0v) is 15.1. The summed E-state index contributed by atoms with van der Waals surface area (Å²) in [7, 11) is 1.93. The average Bonchev–Trinajstić information content (AvgIpc) is 3.03. The van der Waals surface area contributed by atoms with Crippen LogP contribution in [0.25, 0.3) is 0 Å². The number of carbonyl (C=O) groups is 1. The number of aromatic nitrogens is 2. The van der Waals surface area contributed by atoms with Crippen LogP contribution in [0.15, 0.2) is 29.4 Å². The first kappa shape index (κ1) is 16.5. The van der Waals surface area contributed by atoms with E-state index in [2.05, 4.69) is 11.9 Å². The molecule has 0 N–H and O–H groups in total. The molecule has 0 bridgehead atoms. The van der Waals surface area contributed by atoms with Crippen LogP contribution in [-0.2, 0) is 17.6 Å². The van der Waals surface area contributed by atoms with E-state index in [-0.39, 0.29) is 11.9 Å². The molecular weight excluding hydrogens is 326 g/mol. The molecule has 1 aliphatic rings. The highest BCUT2D eigenvalue weighted by molar-refractivity contribution is 8.00. The molecular formula is C17H21N3OS2. The molecule has 0 unspecified atom stereocenters. The van der Waals surface area contributed by atoms with Gasteiger partial charge in [0.05, 0.1) is 27.4 Å². The van der Waals surface area contributed by atoms with Crippen molar-refractivity contribution in [2.75, 3.05) is 12.8 Å². The molecule has 4 nitrogen and oxygen atoms in total. The number of pyridine rings is 1. The lowest BCUT2D eigenvalue weighted by molar-refractivity contribution is -0.129. The average molecular weight is 348 g/mol. The Morgan fingerprint density at radius 2 is 2.22 bits per heavy atom. The topological polar surface area (TPSA) is 46.1 Å². The van der Waals surface area contributed by atoms with Gasteiger partial charge in [0.2, 0.25) is 5.91 Å². The standard InChI is InChI=1S/C17H21N3OS2/c1-3-15-19-13-5-4-6-14(17(13)23-15)20(2)16(21)11-22-12-7-9-18-10-8-12/h7-10,14H,3-6,11H2,1-2H3/t14-/m1/s1. The van der Waals surface area contributed by atoms with Crippen LogP contribution < -0.4 is 0 Å². The number of aryl methyl sites for hydroxylation is 2. The zero-order valence-electron chi connectivity index (χ0n) is 13.5. The van der Waals surface area contributed by atoms with Crippen molar-refractivity contribution in [1.29, 1.82) is 0 Å². The maximum absolute atomic E-state index is 12.6. The van der Waals surface area contributed by atoms with Gasteiger partial charge >= 0.3 is 0 Å². The monoisotopic (exact) mass is 347 g/mol. The first-order chi connectivity index (χ1) is 11.2. The number of rotatable bonds is 5. The van der Waals surface area contributed by atoms with E-state index in [9.17, 15) is 4.79 Å². The van der Waals surface area contributed by atoms with E-state index >= 15 is 0 Å². The number of thioether (sulfide) groups is 1. The Balaban J connectivity index is 1.67. The molecule has 3 rings (SSSR count). The van der Waals surface area contributed by atoms with Crippen LogP contribution in [-0.4, -0.2) is 33.6 Å². The van der Waals surface area contributed by atoms with E-state index in [1.807, 2.05) is 24.1 Å². The molecule has 6 heteroatoms. The van der Waals surface area contributed by atoms with Gasteiger partial charge in [0.1, 0.15) is 0 Å². The quantitative estimate of drug-likeness (QED) is 0.773. The number of hydrogen-bond donors (Lipinski definition) is 0. The number of nitrogens with zero attached hydrogens (tertiary/aromatic N) is 3. The van der Waals surface area contributed by atoms with E-state index in [1.54, 1.807) is 35.5 Å². The molecule has 0 spiro atoms. The minimum Gasteiger partial charge on any atom is -0.337 e. The molecule has 122 valence electrons. The van der Waals surface area contributed by atoms with Crippen molar-refractivity contribution in [2.24, 2.45) is 0 Å². The largest absolute Gasteiger partial charge is 0.337 e. The summed E-state index contributed by atoms with van der Waals surface area (Å²) in [5.74, 6) is 0.641. The van der Waals surface area contributed by atoms with Crippen LogP contribution in [0.5, 0.6) is 0 Å². The second-order valence-electron chi connectivity index (χ2n) is 5.66. The first-order valence-electron chi connectivity index (χ1n) is 7.96. The van der Waals surface area contributed by atoms with Crippen LogP contribution in [0, 0.1) is 0 Å². The van der Waals surface area contributed by atoms with E-state index in [1.165, 1.54) is 15.6 Å². The predicted molar refractivity (Wildman–Crippen MR) is 94.9 cm³/mol. The highest BCUT2D eigenvalue weighted by Gasteiger charge is 2.29. The number of carbonyl (C=O) groups excluding carboxylic acids is 1. The molecule has 23 heavy (non-hydrogen) atoms. The van der Waals surface area contributed by atoms with E-state index in [0.29, 0.717) is 5.75 Å². The van der Waals surface area contributed by atoms with Crippen molar-refractivity contribution in [3.05, 3.63) is 40.1 Å². The molecule has 1 amide bonds. The Morgan fingerprint density at radius 1 is 1.43 bits per heavy atom. The van der Waals surface area contributed by atoms with Crippen molar-refractivity contribution in [1.82, 2.24) is 14.9 Å². The van der Waals surface area contributed by atoms with Gasteiger partial charge in [-0.25, -0.2) is 4.98 Å². The normalized spacial score (nSPS) is 16.9. The van der Waals surface area contributed by atoms with Crippen LogP contribution in [0.3, 0.4) is 0 Å². The zero-order chi connectivity index (χ0) is 16.2. The minimum absolute atomic E-state index is 0.177. The van der Waals surface area contributed by atoms with E-state index < -0.39 is 0 Å². The summed E-state index contributed by atoms with van der Waals surface area (Å²) < 4.78 is 0. The lowest BCUT2D eigenvalue weighted by Crippen LogP contribution is -2.33. The second kappa shape index (κ2) is 7.45. The summed E-state index contributed by atoms with van der Waals surface area (Å²) in [4.78, 5) is 25.6. The van der Waals surface area contributed by atoms with Gasteiger partial charge in [0, 0.05) is 24.3 Å². The van der Waals surface area contributed by atoms with Gasteiger partial charge in [-0.3, -0.25) is 9.78 Å². The number of fused-ring (bicyclic) bond motifs is 1. The molecule has 2 aromatic heterocycles. The van der Waals surface area contributed by atoms with E-state index in [0.717, 1.165) is 30.6 Å². The minimum atomic E-state index is 0.177. The van der Waals surface area contributed by atoms with Crippen molar-refractivity contribution >= 4 is 29.0 Å². The summed E-state index contributed by atoms with van der Waals surface area (Å²) in [6, 6.07) is 4.07. The summed E-state index contributed by atoms with van der Waals surface area (Å²) in [5.41, 5.74) is 1.21. The molecule has 0 saturated carbocycles. The third-order valence-electron chi connectivity index (χ3n) is 4.14. The highest BCUT2D eigenvalue weighted by Crippen LogP contribution is 2.38. The lowest BCUT2D eigenvalue weighted by Gasteiger charge is -2.30. The fourth-order valence-corrected chi connectivity index (χ4v) is 4.86. The Kier molecular flexibility index (Phi) is 5.33. The van der Waals surface area contributed by atoms with Gasteiger partial charge in [0.25, 0.3) is 0 Å². The summed E-state index contributed by atoms with van der Waals surface area (Å²) in [6.07, 6.45) is 7.69. The van der Waals surface area contributed by atoms with Gasteiger partial charge in [-0.05, 0) is 37.8 Å². The predicted octanol–water partition coefficient (Wildman–Crippen LogP) is 3.73. The van der Waals surface area contributed by atoms with E-state index in [4.69, 9.17) is 4.98 Å². The Morgan fingerprint density at radius 3 is 2.96 bits per heavy atom. The maximum Gasteiger partial charge on any atom is 0.233 e. The third kappa shape index (κ3) is 3.75. The summed E-state index contributed by atoms with van der Waals surface area (Å²) >= 11 is 3.35. The van der Waals surface area contributed by atoms with Gasteiger partial charge in [0.15, 0.2) is 0 Å². The van der Waals surface area contributed by atoms with Crippen molar-refractivity contribution in [2.45, 2.75) is 43.5 Å². The number of thiazole rings is 1. The molecule has 1 atom stereocenters. The van der Waals surface area contributed by atoms with Crippen LogP contribution in [0.4, 0.5) is 0 Å². The Labute approximate surface area is 145 Å². The van der Waals surface area contributed by atoms with Crippen LogP contribution in [0.2, 0.25) is 0 Å². The van der Waals surface area contributed by atoms with Crippen molar-refractivity contribution in [3.8, 4) is 0 Å². The molecule has 0 aliphatic heterocycles. The smallest absolute Gasteiger partial charge is 0.233 e. The Hall–Kier alpha value is -1.40. The molecule has 2 heterocycles. The number of hydrogen-bond acceptors (Lipinski definition) is 5. The second-order valence-corrected chi connectivity index (χ2v) is 7.82. The van der Waals surface area contributed by atoms with Gasteiger partial charge in [-0.15, -0.1) is 23.1 Å². The Bertz CT molecular complexity index is 672. The van der Waals surface area contributed by atoms with Gasteiger partial charge < -0.3 is 4.90 Å². The fraction of sp³-hybridized carbons (Fsp3) is 0.471. The SMILES string of the molecule is CCc1nc2c(s1)[C@H](N(C)C(=O)CSc1ccncc1)CCC2. The third-order valence-corrected chi connectivity index (χ3v) is 6.48. The highest BCUT2D eigenvalue weighted by atomic mass is 32.2. The molecule has 2 aromatic rings. The van der Waals surface area contributed by atoms with Gasteiger partial charge in [-0.1, -0.05) is 6.92 Å². The number of amides is 1. The van der Waals surface area contributed by atoms with Crippen molar-refractivity contribution in [3.63, 3.8) is 0 Å². The first-order valence-corrected chi connectivity index (χ1v) is 9.76. The summed E-state index contributed by atoms with van der Waals surface area (Å²) in [6.45, 7) is 2.14. The van der Waals surface area contributed by atoms with Gasteiger partial charge in [-0.2, -0.15) is 0 Å². The van der Waals surface area contributed by atoms with Crippen LogP contribution >= 0.6 is 23.1 Å². The molecule has 0 fully saturated rings.